The number of nitrogens with one attached hydrogen (secondary N) is 1. The van der Waals surface area contributed by atoms with Crippen molar-refractivity contribution in [3.8, 4) is 34.7 Å². The van der Waals surface area contributed by atoms with Crippen LogP contribution in [0.25, 0.3) is 44.6 Å². The molecule has 21 nitrogen and oxygen atoms in total. The molecule has 0 saturated carbocycles. The zero-order valence-corrected chi connectivity index (χ0v) is 47.9. The van der Waals surface area contributed by atoms with Crippen molar-refractivity contribution in [1.29, 1.82) is 10.5 Å². The van der Waals surface area contributed by atoms with Gasteiger partial charge in [-0.2, -0.15) is 20.7 Å². The molecule has 1 amide bonds. The van der Waals surface area contributed by atoms with Gasteiger partial charge in [0.1, 0.15) is 56.6 Å². The largest absolute Gasteiger partial charge is 0.481 e. The summed E-state index contributed by atoms with van der Waals surface area (Å²) in [7, 11) is 3.85. The molecule has 6 aliphatic rings. The Balaban J connectivity index is 0.000000146. The molecule has 25 heteroatoms. The van der Waals surface area contributed by atoms with Crippen LogP contribution in [-0.2, 0) is 32.2 Å². The number of nitrogens with zero attached hydrogens (tertiary/aromatic N) is 15. The molecular formula is C58H60F2N16O5S2. The average Bonchev–Trinajstić information content (AvgIpc) is 2.23. The fourth-order valence-corrected chi connectivity index (χ4v) is 13.4. The number of amides is 1. The summed E-state index contributed by atoms with van der Waals surface area (Å²) in [5, 5.41) is 43.8. The third kappa shape index (κ3) is 10.6. The quantitative estimate of drug-likeness (QED) is 0.118. The number of hydrogen-bond donors (Lipinski definition) is 2. The third-order valence-electron chi connectivity index (χ3n) is 16.3. The van der Waals surface area contributed by atoms with Gasteiger partial charge in [-0.05, 0) is 87.4 Å². The van der Waals surface area contributed by atoms with Gasteiger partial charge in [0, 0.05) is 115 Å². The van der Waals surface area contributed by atoms with E-state index < -0.39 is 5.97 Å². The van der Waals surface area contributed by atoms with Gasteiger partial charge in [0.05, 0.1) is 59.6 Å². The number of halogens is 2. The Labute approximate surface area is 484 Å². The predicted octanol–water partition coefficient (Wildman–Crippen LogP) is 7.91. The maximum absolute atomic E-state index is 13.5. The van der Waals surface area contributed by atoms with Crippen molar-refractivity contribution in [2.45, 2.75) is 39.8 Å². The van der Waals surface area contributed by atoms with Gasteiger partial charge < -0.3 is 44.4 Å². The molecule has 0 radical (unpaired) electrons. The lowest BCUT2D eigenvalue weighted by atomic mass is 9.72. The summed E-state index contributed by atoms with van der Waals surface area (Å²) in [5.74, 6) is 0.354. The summed E-state index contributed by atoms with van der Waals surface area (Å²) in [5.41, 5.74) is 6.51. The summed E-state index contributed by atoms with van der Waals surface area (Å²) in [6.07, 6.45) is 5.28. The molecule has 6 aliphatic heterocycles. The Hall–Kier alpha value is -8.20. The number of benzene rings is 2. The number of carbonyl (C=O) groups is 2. The minimum atomic E-state index is -0.734. The summed E-state index contributed by atoms with van der Waals surface area (Å²) in [6, 6.07) is 20.8. The molecule has 0 unspecified atom stereocenters. The first-order valence-electron chi connectivity index (χ1n) is 27.6. The number of aromatic nitrogens is 8. The van der Waals surface area contributed by atoms with Gasteiger partial charge in [-0.3, -0.25) is 9.59 Å². The first kappa shape index (κ1) is 55.3. The zero-order valence-electron chi connectivity index (χ0n) is 46.3. The van der Waals surface area contributed by atoms with Gasteiger partial charge in [0.25, 0.3) is 0 Å². The molecule has 14 rings (SSSR count). The van der Waals surface area contributed by atoms with E-state index in [1.54, 1.807) is 24.3 Å². The number of hydrogen-bond acceptors (Lipinski definition) is 19. The molecule has 2 N–H and O–H groups in total. The second-order valence-electron chi connectivity index (χ2n) is 22.1. The Morgan fingerprint density at radius 1 is 0.699 bits per heavy atom. The van der Waals surface area contributed by atoms with Crippen molar-refractivity contribution in [3.05, 3.63) is 94.4 Å². The van der Waals surface area contributed by atoms with Crippen LogP contribution < -0.4 is 24.9 Å². The van der Waals surface area contributed by atoms with Gasteiger partial charge in [-0.25, -0.2) is 38.1 Å². The Morgan fingerprint density at radius 2 is 1.14 bits per heavy atom. The van der Waals surface area contributed by atoms with Crippen molar-refractivity contribution < 1.29 is 33.0 Å². The lowest BCUT2D eigenvalue weighted by Gasteiger charge is -2.61. The summed E-state index contributed by atoms with van der Waals surface area (Å²) in [4.78, 5) is 53.2. The molecule has 428 valence electrons. The van der Waals surface area contributed by atoms with Crippen LogP contribution in [0.5, 0.6) is 0 Å². The topological polar surface area (TPSA) is 236 Å². The molecule has 6 aromatic heterocycles. The fourth-order valence-electron chi connectivity index (χ4n) is 11.8. The van der Waals surface area contributed by atoms with Crippen LogP contribution in [0.4, 0.5) is 42.1 Å². The van der Waals surface area contributed by atoms with Crippen molar-refractivity contribution in [2.24, 2.45) is 22.7 Å². The number of rotatable bonds is 12. The highest BCUT2D eigenvalue weighted by Crippen LogP contribution is 2.45. The van der Waals surface area contributed by atoms with E-state index in [-0.39, 0.29) is 34.8 Å². The molecule has 2 atom stereocenters. The molecule has 83 heavy (non-hydrogen) atoms. The highest BCUT2D eigenvalue weighted by molar-refractivity contribution is 7.17. The molecular weight excluding hydrogens is 1100 g/mol. The van der Waals surface area contributed by atoms with E-state index >= 15 is 0 Å². The van der Waals surface area contributed by atoms with Gasteiger partial charge in [0.2, 0.25) is 5.91 Å². The molecule has 2 aromatic carbocycles. The first-order chi connectivity index (χ1) is 40.2. The van der Waals surface area contributed by atoms with E-state index in [4.69, 9.17) is 34.7 Å². The highest BCUT2D eigenvalue weighted by Gasteiger charge is 2.54. The third-order valence-corrected chi connectivity index (χ3v) is 18.4. The van der Waals surface area contributed by atoms with Crippen LogP contribution in [0, 0.1) is 57.0 Å². The number of nitriles is 2. The van der Waals surface area contributed by atoms with Crippen molar-refractivity contribution >= 4 is 89.9 Å². The minimum Gasteiger partial charge on any atom is -0.481 e. The normalized spacial score (nSPS) is 19.0. The molecule has 0 aliphatic carbocycles. The Morgan fingerprint density at radius 3 is 1.52 bits per heavy atom. The second-order valence-corrected chi connectivity index (χ2v) is 24.0. The van der Waals surface area contributed by atoms with E-state index in [0.29, 0.717) is 105 Å². The molecule has 12 heterocycles. The lowest BCUT2D eigenvalue weighted by Crippen LogP contribution is -2.73. The molecule has 6 saturated heterocycles. The number of carboxylic acids is 1. The minimum absolute atomic E-state index is 0.0227. The second kappa shape index (κ2) is 22.5. The van der Waals surface area contributed by atoms with Gasteiger partial charge in [-0.1, -0.05) is 22.7 Å². The van der Waals surface area contributed by atoms with Gasteiger partial charge >= 0.3 is 5.97 Å². The lowest BCUT2D eigenvalue weighted by molar-refractivity contribution is -0.149. The zero-order chi connectivity index (χ0) is 57.7. The molecule has 2 spiro atoms. The van der Waals surface area contributed by atoms with E-state index in [0.717, 1.165) is 92.6 Å². The number of anilines is 6. The Bertz CT molecular complexity index is 3810. The number of carboxylic acid groups (broad SMARTS) is 1. The SMILES string of the molecule is CCn1nc2ncc(N3CC4(CN(C(=O)[C@H]5CCOC5)C4)C3)cc2c1N(C)c1nc(-c2ccc(F)cc2)c(C#N)s1.CCn1nc2ncc(N3CC4(CNC4)C3)cc2c1N(C)c1nc(-c2ccc(F)cc2)c(C#N)s1.O=C(O)[C@H]1CCOC1. The monoisotopic (exact) mass is 1160 g/mol. The summed E-state index contributed by atoms with van der Waals surface area (Å²) in [6.45, 7) is 15.2. The van der Waals surface area contributed by atoms with Crippen LogP contribution in [-0.4, -0.2) is 154 Å². The first-order valence-corrected chi connectivity index (χ1v) is 29.2. The van der Waals surface area contributed by atoms with Crippen molar-refractivity contribution in [3.63, 3.8) is 0 Å². The fraction of sp³-hybridized carbons (Fsp3) is 0.414. The smallest absolute Gasteiger partial charge is 0.308 e. The number of likely N-dealkylation sites (tertiary alicyclic amines) is 1. The van der Waals surface area contributed by atoms with E-state index in [2.05, 4.69) is 49.4 Å². The average molecular weight is 1160 g/mol. The standard InChI is InChI=1S/C29H29FN8O2S.C24H23FN8S.C5H8O3/c1-3-38-26(35(2)28-33-24(23(11-31)41-28)18-4-6-20(30)7-5-18)22-10-21(12-32-25(22)34-38)36-14-29(15-36)16-37(17-29)27(39)19-8-9-40-13-19;1-3-33-22(18-8-17(10-28-21(18)30-33)32-13-24(14-32)11-27-12-24)31(2)23-29-20(19(9-26)34-23)15-4-6-16(25)7-5-15;6-5(7)4-1-2-8-3-4/h4-7,10,12,19H,3,8-9,13-17H2,1-2H3;4-8,10,27H,3,11-14H2,1-2H3;4H,1-3H2,(H,6,7)/t19-;;4-/m0.0/s1. The number of fused-ring (bicyclic) bond motifs is 2. The number of thiazole rings is 2. The number of aryl methyl sites for hydroxylation is 2. The number of ether oxygens (including phenoxy) is 2. The predicted molar refractivity (Wildman–Crippen MR) is 311 cm³/mol. The van der Waals surface area contributed by atoms with E-state index in [1.807, 2.05) is 64.4 Å². The number of carbonyl (C=O) groups excluding carboxylic acids is 1. The van der Waals surface area contributed by atoms with Crippen LogP contribution in [0.2, 0.25) is 0 Å². The number of pyridine rings is 2. The number of aliphatic carboxylic acids is 1. The molecule has 6 fully saturated rings. The molecule has 0 bridgehead atoms. The van der Waals surface area contributed by atoms with Gasteiger partial charge in [-0.15, -0.1) is 0 Å². The van der Waals surface area contributed by atoms with E-state index in [1.165, 1.54) is 46.9 Å². The Kier molecular flexibility index (Phi) is 15.0. The van der Waals surface area contributed by atoms with Crippen LogP contribution in [0.3, 0.4) is 0 Å². The maximum Gasteiger partial charge on any atom is 0.308 e. The maximum atomic E-state index is 13.5. The van der Waals surface area contributed by atoms with Crippen molar-refractivity contribution in [2.75, 3.05) is 112 Å². The van der Waals surface area contributed by atoms with Crippen LogP contribution in [0.1, 0.15) is 36.4 Å². The van der Waals surface area contributed by atoms with E-state index in [9.17, 15) is 28.9 Å². The van der Waals surface area contributed by atoms with Crippen LogP contribution in [0.15, 0.2) is 73.1 Å². The van der Waals surface area contributed by atoms with Crippen molar-refractivity contribution in [1.82, 2.24) is 49.7 Å². The van der Waals surface area contributed by atoms with Gasteiger partial charge in [0.15, 0.2) is 21.6 Å². The van der Waals surface area contributed by atoms with Crippen LogP contribution >= 0.6 is 22.7 Å². The highest BCUT2D eigenvalue weighted by atomic mass is 32.1. The summed E-state index contributed by atoms with van der Waals surface area (Å²) < 4.78 is 41.0. The summed E-state index contributed by atoms with van der Waals surface area (Å²) >= 11 is 2.60. The molecule has 8 aromatic rings.